The molecule has 2 rings (SSSR count). The van der Waals surface area contributed by atoms with Gasteiger partial charge in [-0.3, -0.25) is 4.68 Å². The molecule has 0 unspecified atom stereocenters. The Balaban J connectivity index is 2.16. The van der Waals surface area contributed by atoms with Gasteiger partial charge < -0.3 is 10.5 Å². The van der Waals surface area contributed by atoms with Crippen molar-refractivity contribution in [2.75, 3.05) is 5.73 Å². The number of nitrogens with two attached hydrogens (primary N) is 1. The first-order valence-corrected chi connectivity index (χ1v) is 5.54. The zero-order chi connectivity index (χ0) is 12.4. The molecule has 4 nitrogen and oxygen atoms in total. The third-order valence-electron chi connectivity index (χ3n) is 2.79. The molecule has 0 spiro atoms. The number of aromatic nitrogens is 2. The van der Waals surface area contributed by atoms with Crippen molar-refractivity contribution in [2.24, 2.45) is 7.05 Å². The molecule has 0 amide bonds. The minimum absolute atomic E-state index is 0.513. The van der Waals surface area contributed by atoms with Crippen LogP contribution >= 0.6 is 0 Å². The lowest BCUT2D eigenvalue weighted by Gasteiger charge is -2.12. The van der Waals surface area contributed by atoms with E-state index in [2.05, 4.69) is 5.10 Å². The minimum Gasteiger partial charge on any atom is -0.488 e. The first kappa shape index (κ1) is 11.5. The van der Waals surface area contributed by atoms with Crippen LogP contribution in [0, 0.1) is 13.8 Å². The van der Waals surface area contributed by atoms with E-state index in [-0.39, 0.29) is 0 Å². The molecule has 0 aliphatic heterocycles. The molecule has 1 aromatic heterocycles. The molecule has 2 N–H and O–H groups in total. The van der Waals surface area contributed by atoms with Gasteiger partial charge in [0.05, 0.1) is 6.20 Å². The Morgan fingerprint density at radius 2 is 2.12 bits per heavy atom. The van der Waals surface area contributed by atoms with Crippen molar-refractivity contribution >= 4 is 5.69 Å². The smallest absolute Gasteiger partial charge is 0.127 e. The van der Waals surface area contributed by atoms with Gasteiger partial charge in [0.2, 0.25) is 0 Å². The molecule has 0 bridgehead atoms. The molecule has 0 saturated heterocycles. The highest BCUT2D eigenvalue weighted by molar-refractivity contribution is 5.56. The lowest BCUT2D eigenvalue weighted by Crippen LogP contribution is -2.00. The summed E-state index contributed by atoms with van der Waals surface area (Å²) in [5.41, 5.74) is 9.77. The first-order chi connectivity index (χ1) is 8.08. The number of rotatable bonds is 3. The number of hydrogen-bond acceptors (Lipinski definition) is 3. The zero-order valence-electron chi connectivity index (χ0n) is 10.4. The van der Waals surface area contributed by atoms with Gasteiger partial charge in [0.1, 0.15) is 12.4 Å². The summed E-state index contributed by atoms with van der Waals surface area (Å²) in [4.78, 5) is 0. The molecule has 17 heavy (non-hydrogen) atoms. The van der Waals surface area contributed by atoms with Crippen LogP contribution in [0.5, 0.6) is 5.75 Å². The van der Waals surface area contributed by atoms with Crippen molar-refractivity contribution < 1.29 is 4.74 Å². The van der Waals surface area contributed by atoms with Crippen LogP contribution < -0.4 is 10.5 Å². The number of hydrogen-bond donors (Lipinski definition) is 1. The fraction of sp³-hybridized carbons (Fsp3) is 0.308. The van der Waals surface area contributed by atoms with Gasteiger partial charge in [-0.15, -0.1) is 0 Å². The summed E-state index contributed by atoms with van der Waals surface area (Å²) >= 11 is 0. The topological polar surface area (TPSA) is 53.1 Å². The Bertz CT molecular complexity index is 531. The van der Waals surface area contributed by atoms with Gasteiger partial charge in [0.25, 0.3) is 0 Å². The van der Waals surface area contributed by atoms with E-state index in [9.17, 15) is 0 Å². The van der Waals surface area contributed by atoms with Gasteiger partial charge in [-0.25, -0.2) is 0 Å². The number of benzene rings is 1. The van der Waals surface area contributed by atoms with Crippen molar-refractivity contribution in [2.45, 2.75) is 20.5 Å². The van der Waals surface area contributed by atoms with E-state index in [0.29, 0.717) is 6.61 Å². The quantitative estimate of drug-likeness (QED) is 0.824. The molecule has 0 saturated carbocycles. The van der Waals surface area contributed by atoms with E-state index >= 15 is 0 Å². The Hall–Kier alpha value is -1.97. The summed E-state index contributed by atoms with van der Waals surface area (Å²) < 4.78 is 7.58. The van der Waals surface area contributed by atoms with Gasteiger partial charge in [0, 0.05) is 30.1 Å². The SMILES string of the molecule is Cc1ccc(N)c(C)c1OCc1cnn(C)c1. The number of ether oxygens (including phenoxy) is 1. The molecule has 0 aliphatic rings. The molecule has 90 valence electrons. The molecule has 0 fully saturated rings. The summed E-state index contributed by atoms with van der Waals surface area (Å²) in [5, 5.41) is 4.10. The first-order valence-electron chi connectivity index (χ1n) is 5.54. The van der Waals surface area contributed by atoms with Crippen LogP contribution in [0.2, 0.25) is 0 Å². The lowest BCUT2D eigenvalue weighted by molar-refractivity contribution is 0.302. The van der Waals surface area contributed by atoms with Crippen molar-refractivity contribution in [3.8, 4) is 5.75 Å². The second kappa shape index (κ2) is 4.49. The Morgan fingerprint density at radius 3 is 2.76 bits per heavy atom. The maximum Gasteiger partial charge on any atom is 0.127 e. The second-order valence-electron chi connectivity index (χ2n) is 4.24. The van der Waals surface area contributed by atoms with Crippen molar-refractivity contribution in [1.29, 1.82) is 0 Å². The predicted octanol–water partition coefficient (Wildman–Crippen LogP) is 2.20. The molecule has 1 heterocycles. The molecule has 0 atom stereocenters. The van der Waals surface area contributed by atoms with Crippen LogP contribution in [0.15, 0.2) is 24.5 Å². The molecular formula is C13H17N3O. The molecule has 0 aliphatic carbocycles. The highest BCUT2D eigenvalue weighted by Crippen LogP contribution is 2.28. The predicted molar refractivity (Wildman–Crippen MR) is 67.9 cm³/mol. The van der Waals surface area contributed by atoms with Crippen LogP contribution in [0.25, 0.3) is 0 Å². The maximum absolute atomic E-state index is 5.87. The third-order valence-corrected chi connectivity index (χ3v) is 2.79. The summed E-state index contributed by atoms with van der Waals surface area (Å²) in [6, 6.07) is 3.88. The van der Waals surface area contributed by atoms with Crippen LogP contribution in [-0.2, 0) is 13.7 Å². The summed E-state index contributed by atoms with van der Waals surface area (Å²) in [6.07, 6.45) is 3.74. The van der Waals surface area contributed by atoms with E-state index in [1.165, 1.54) is 0 Å². The highest BCUT2D eigenvalue weighted by Gasteiger charge is 2.07. The molecule has 1 aromatic carbocycles. The van der Waals surface area contributed by atoms with Crippen LogP contribution in [-0.4, -0.2) is 9.78 Å². The van der Waals surface area contributed by atoms with Crippen LogP contribution in [0.4, 0.5) is 5.69 Å². The highest BCUT2D eigenvalue weighted by atomic mass is 16.5. The van der Waals surface area contributed by atoms with Crippen molar-refractivity contribution in [3.63, 3.8) is 0 Å². The standard InChI is InChI=1S/C13H17N3O/c1-9-4-5-12(14)10(2)13(9)17-8-11-6-15-16(3)7-11/h4-7H,8,14H2,1-3H3. The fourth-order valence-electron chi connectivity index (χ4n) is 1.77. The van der Waals surface area contributed by atoms with E-state index < -0.39 is 0 Å². The molecular weight excluding hydrogens is 214 g/mol. The van der Waals surface area contributed by atoms with Crippen LogP contribution in [0.1, 0.15) is 16.7 Å². The fourth-order valence-corrected chi connectivity index (χ4v) is 1.77. The second-order valence-corrected chi connectivity index (χ2v) is 4.24. The summed E-state index contributed by atoms with van der Waals surface area (Å²) in [7, 11) is 1.89. The Kier molecular flexibility index (Phi) is 3.04. The van der Waals surface area contributed by atoms with Gasteiger partial charge >= 0.3 is 0 Å². The van der Waals surface area contributed by atoms with E-state index in [0.717, 1.165) is 28.1 Å². The van der Waals surface area contributed by atoms with E-state index in [1.807, 2.05) is 39.2 Å². The average molecular weight is 231 g/mol. The van der Waals surface area contributed by atoms with Crippen LogP contribution in [0.3, 0.4) is 0 Å². The Labute approximate surface area is 101 Å². The monoisotopic (exact) mass is 231 g/mol. The molecule has 0 radical (unpaired) electrons. The maximum atomic E-state index is 5.87. The number of aryl methyl sites for hydroxylation is 2. The zero-order valence-corrected chi connectivity index (χ0v) is 10.4. The van der Waals surface area contributed by atoms with Gasteiger partial charge in [0.15, 0.2) is 0 Å². The van der Waals surface area contributed by atoms with E-state index in [1.54, 1.807) is 10.9 Å². The van der Waals surface area contributed by atoms with Gasteiger partial charge in [-0.05, 0) is 25.5 Å². The van der Waals surface area contributed by atoms with E-state index in [4.69, 9.17) is 10.5 Å². The number of nitrogens with zero attached hydrogens (tertiary/aromatic N) is 2. The Morgan fingerprint density at radius 1 is 1.35 bits per heavy atom. The number of anilines is 1. The minimum atomic E-state index is 0.513. The third kappa shape index (κ3) is 2.41. The molecule has 4 heteroatoms. The largest absolute Gasteiger partial charge is 0.488 e. The summed E-state index contributed by atoms with van der Waals surface area (Å²) in [6.45, 7) is 4.50. The van der Waals surface area contributed by atoms with Gasteiger partial charge in [-0.2, -0.15) is 5.10 Å². The van der Waals surface area contributed by atoms with Gasteiger partial charge in [-0.1, -0.05) is 6.07 Å². The lowest BCUT2D eigenvalue weighted by atomic mass is 10.1. The van der Waals surface area contributed by atoms with Crippen molar-refractivity contribution in [1.82, 2.24) is 9.78 Å². The normalized spacial score (nSPS) is 10.5. The average Bonchev–Trinajstić information content (AvgIpc) is 2.70. The number of nitrogen functional groups attached to an aromatic ring is 1. The summed E-state index contributed by atoms with van der Waals surface area (Å²) in [5.74, 6) is 0.869. The van der Waals surface area contributed by atoms with Crippen molar-refractivity contribution in [3.05, 3.63) is 41.2 Å². The molecule has 2 aromatic rings.